The van der Waals surface area contributed by atoms with Gasteiger partial charge in [-0.05, 0) is 6.07 Å². The van der Waals surface area contributed by atoms with Crippen LogP contribution in [0.25, 0.3) is 0 Å². The van der Waals surface area contributed by atoms with E-state index in [1.807, 2.05) is 0 Å². The molecule has 10 heteroatoms. The molecule has 1 aliphatic rings. The minimum atomic E-state index is -0.351. The van der Waals surface area contributed by atoms with Gasteiger partial charge in [0, 0.05) is 42.6 Å². The fourth-order valence-electron chi connectivity index (χ4n) is 2.67. The summed E-state index contributed by atoms with van der Waals surface area (Å²) < 4.78 is 1.61. The first-order valence-electron chi connectivity index (χ1n) is 8.00. The highest BCUT2D eigenvalue weighted by molar-refractivity contribution is 7.15. The molecule has 0 unspecified atom stereocenters. The molecule has 0 saturated carbocycles. The van der Waals surface area contributed by atoms with E-state index < -0.39 is 0 Å². The van der Waals surface area contributed by atoms with Gasteiger partial charge in [-0.25, -0.2) is 9.97 Å². The fraction of sp³-hybridized carbons (Fsp3) is 0.250. The number of aromatic nitrogens is 5. The largest absolute Gasteiger partial charge is 0.335 e. The quantitative estimate of drug-likeness (QED) is 0.734. The van der Waals surface area contributed by atoms with Gasteiger partial charge < -0.3 is 4.90 Å². The van der Waals surface area contributed by atoms with Crippen LogP contribution >= 0.6 is 11.3 Å². The summed E-state index contributed by atoms with van der Waals surface area (Å²) in [5, 5.41) is 7.31. The fourth-order valence-corrected chi connectivity index (χ4v) is 3.69. The highest BCUT2D eigenvalue weighted by Crippen LogP contribution is 2.28. The molecule has 3 aromatic rings. The lowest BCUT2D eigenvalue weighted by molar-refractivity contribution is -0.132. The normalized spacial score (nSPS) is 13.3. The number of rotatable bonds is 4. The van der Waals surface area contributed by atoms with E-state index in [1.54, 1.807) is 28.0 Å². The number of nitrogens with zero attached hydrogens (tertiary/aromatic N) is 6. The number of fused-ring (bicyclic) bond motifs is 1. The third-order valence-electron chi connectivity index (χ3n) is 3.96. The van der Waals surface area contributed by atoms with Crippen molar-refractivity contribution >= 4 is 28.3 Å². The molecule has 4 rings (SSSR count). The molecular formula is C16H15N7O2S. The zero-order valence-corrected chi connectivity index (χ0v) is 14.5. The zero-order chi connectivity index (χ0) is 17.9. The van der Waals surface area contributed by atoms with Crippen LogP contribution in [0.5, 0.6) is 0 Å². The standard InChI is InChI=1S/C16H15N7O2S/c24-14(10-23-6-1-3-19-23)22-7-2-11-13(9-22)26-16(20-11)21-15(25)12-8-17-4-5-18-12/h1,3-6,8H,2,7,9-10H2,(H,20,21,25). The van der Waals surface area contributed by atoms with Crippen molar-refractivity contribution < 1.29 is 9.59 Å². The third kappa shape index (κ3) is 3.45. The lowest BCUT2D eigenvalue weighted by atomic mass is 10.2. The van der Waals surface area contributed by atoms with E-state index in [0.29, 0.717) is 24.6 Å². The lowest BCUT2D eigenvalue weighted by Crippen LogP contribution is -2.37. The van der Waals surface area contributed by atoms with Gasteiger partial charge in [-0.2, -0.15) is 5.10 Å². The summed E-state index contributed by atoms with van der Waals surface area (Å²) in [6.45, 7) is 1.32. The highest BCUT2D eigenvalue weighted by Gasteiger charge is 2.25. The molecule has 4 heterocycles. The Morgan fingerprint density at radius 3 is 2.96 bits per heavy atom. The van der Waals surface area contributed by atoms with Crippen molar-refractivity contribution in [2.45, 2.75) is 19.5 Å². The Morgan fingerprint density at radius 1 is 1.27 bits per heavy atom. The molecule has 0 fully saturated rings. The van der Waals surface area contributed by atoms with Crippen molar-refractivity contribution in [3.8, 4) is 0 Å². The molecule has 3 aromatic heterocycles. The Morgan fingerprint density at radius 2 is 2.19 bits per heavy atom. The van der Waals surface area contributed by atoms with Crippen molar-refractivity contribution in [1.29, 1.82) is 0 Å². The third-order valence-corrected chi connectivity index (χ3v) is 4.95. The number of hydrogen-bond donors (Lipinski definition) is 1. The maximum atomic E-state index is 12.4. The zero-order valence-electron chi connectivity index (χ0n) is 13.7. The van der Waals surface area contributed by atoms with Gasteiger partial charge in [0.05, 0.1) is 18.4 Å². The molecule has 132 valence electrons. The molecule has 2 amide bonds. The van der Waals surface area contributed by atoms with Crippen LogP contribution in [0, 0.1) is 0 Å². The smallest absolute Gasteiger partial charge is 0.277 e. The molecule has 9 nitrogen and oxygen atoms in total. The maximum absolute atomic E-state index is 12.4. The SMILES string of the molecule is O=C(Nc1nc2c(s1)CN(C(=O)Cn1cccn1)CC2)c1cnccn1. The van der Waals surface area contributed by atoms with Crippen molar-refractivity contribution in [3.63, 3.8) is 0 Å². The molecule has 0 aromatic carbocycles. The number of carbonyl (C=O) groups is 2. The molecule has 0 saturated heterocycles. The van der Waals surface area contributed by atoms with Crippen LogP contribution in [-0.2, 0) is 24.3 Å². The molecular weight excluding hydrogens is 354 g/mol. The van der Waals surface area contributed by atoms with Gasteiger partial charge in [0.2, 0.25) is 5.91 Å². The molecule has 1 N–H and O–H groups in total. The van der Waals surface area contributed by atoms with Crippen molar-refractivity contribution in [1.82, 2.24) is 29.6 Å². The predicted molar refractivity (Wildman–Crippen MR) is 93.4 cm³/mol. The van der Waals surface area contributed by atoms with E-state index in [2.05, 4.69) is 25.4 Å². The summed E-state index contributed by atoms with van der Waals surface area (Å²) in [6, 6.07) is 1.79. The van der Waals surface area contributed by atoms with Crippen LogP contribution in [0.2, 0.25) is 0 Å². The van der Waals surface area contributed by atoms with E-state index in [1.165, 1.54) is 29.9 Å². The molecule has 0 bridgehead atoms. The molecule has 0 aliphatic carbocycles. The van der Waals surface area contributed by atoms with Gasteiger partial charge in [-0.15, -0.1) is 0 Å². The van der Waals surface area contributed by atoms with E-state index >= 15 is 0 Å². The van der Waals surface area contributed by atoms with Crippen LogP contribution in [0.4, 0.5) is 5.13 Å². The summed E-state index contributed by atoms with van der Waals surface area (Å²) in [5.74, 6) is -0.339. The average molecular weight is 369 g/mol. The Hall–Kier alpha value is -3.14. The Labute approximate surface area is 152 Å². The second kappa shape index (κ2) is 7.00. The second-order valence-electron chi connectivity index (χ2n) is 5.70. The minimum Gasteiger partial charge on any atom is -0.335 e. The van der Waals surface area contributed by atoms with Gasteiger partial charge in [0.25, 0.3) is 5.91 Å². The number of nitrogens with one attached hydrogen (secondary N) is 1. The maximum Gasteiger partial charge on any atom is 0.277 e. The van der Waals surface area contributed by atoms with E-state index in [4.69, 9.17) is 0 Å². The molecule has 1 aliphatic heterocycles. The van der Waals surface area contributed by atoms with Crippen LogP contribution in [0.1, 0.15) is 21.1 Å². The van der Waals surface area contributed by atoms with Crippen LogP contribution in [0.3, 0.4) is 0 Å². The number of thiazole rings is 1. The Kier molecular flexibility index (Phi) is 4.40. The van der Waals surface area contributed by atoms with Gasteiger partial charge >= 0.3 is 0 Å². The summed E-state index contributed by atoms with van der Waals surface area (Å²) in [7, 11) is 0. The highest BCUT2D eigenvalue weighted by atomic mass is 32.1. The van der Waals surface area contributed by atoms with Crippen LogP contribution < -0.4 is 5.32 Å². The summed E-state index contributed by atoms with van der Waals surface area (Å²) >= 11 is 1.38. The summed E-state index contributed by atoms with van der Waals surface area (Å²) in [5.41, 5.74) is 1.16. The van der Waals surface area contributed by atoms with E-state index in [0.717, 1.165) is 10.6 Å². The monoisotopic (exact) mass is 369 g/mol. The Balaban J connectivity index is 1.42. The molecule has 26 heavy (non-hydrogen) atoms. The van der Waals surface area contributed by atoms with Crippen LogP contribution in [0.15, 0.2) is 37.1 Å². The van der Waals surface area contributed by atoms with E-state index in [-0.39, 0.29) is 24.1 Å². The average Bonchev–Trinajstić information content (AvgIpc) is 3.30. The van der Waals surface area contributed by atoms with E-state index in [9.17, 15) is 9.59 Å². The summed E-state index contributed by atoms with van der Waals surface area (Å²) in [4.78, 5) is 39.7. The predicted octanol–water partition coefficient (Wildman–Crippen LogP) is 0.967. The number of amides is 2. The number of anilines is 1. The Bertz CT molecular complexity index is 923. The second-order valence-corrected chi connectivity index (χ2v) is 6.79. The number of hydrogen-bond acceptors (Lipinski definition) is 7. The topological polar surface area (TPSA) is 106 Å². The van der Waals surface area contributed by atoms with Gasteiger partial charge in [0.15, 0.2) is 5.13 Å². The van der Waals surface area contributed by atoms with Crippen molar-refractivity contribution in [2.24, 2.45) is 0 Å². The first kappa shape index (κ1) is 16.3. The van der Waals surface area contributed by atoms with Crippen molar-refractivity contribution in [2.75, 3.05) is 11.9 Å². The first-order valence-corrected chi connectivity index (χ1v) is 8.82. The van der Waals surface area contributed by atoms with Gasteiger partial charge in [-0.1, -0.05) is 11.3 Å². The minimum absolute atomic E-state index is 0.0119. The van der Waals surface area contributed by atoms with Gasteiger partial charge in [-0.3, -0.25) is 24.6 Å². The summed E-state index contributed by atoms with van der Waals surface area (Å²) in [6.07, 6.45) is 8.45. The molecule has 0 atom stereocenters. The number of carbonyl (C=O) groups excluding carboxylic acids is 2. The molecule has 0 spiro atoms. The first-order chi connectivity index (χ1) is 12.7. The van der Waals surface area contributed by atoms with Crippen molar-refractivity contribution in [3.05, 3.63) is 53.3 Å². The molecule has 0 radical (unpaired) electrons. The van der Waals surface area contributed by atoms with Gasteiger partial charge in [0.1, 0.15) is 12.2 Å². The van der Waals surface area contributed by atoms with Crippen LogP contribution in [-0.4, -0.2) is 48.0 Å². The lowest BCUT2D eigenvalue weighted by Gasteiger charge is -2.26.